The van der Waals surface area contributed by atoms with Crippen molar-refractivity contribution in [3.05, 3.63) is 69.2 Å². The predicted octanol–water partition coefficient (Wildman–Crippen LogP) is 5.49. The molecule has 2 atom stereocenters. The summed E-state index contributed by atoms with van der Waals surface area (Å²) in [5, 5.41) is 12.7. The first kappa shape index (κ1) is 21.8. The van der Waals surface area contributed by atoms with E-state index in [2.05, 4.69) is 4.90 Å². The number of aliphatic hydroxyl groups is 1. The van der Waals surface area contributed by atoms with Gasteiger partial charge in [0.05, 0.1) is 17.2 Å². The quantitative estimate of drug-likeness (QED) is 0.658. The number of hydrogen-bond donors (Lipinski definition) is 1. The van der Waals surface area contributed by atoms with Gasteiger partial charge in [-0.05, 0) is 50.4 Å². The highest BCUT2D eigenvalue weighted by molar-refractivity contribution is 6.42. The van der Waals surface area contributed by atoms with Crippen LogP contribution in [0.1, 0.15) is 25.0 Å². The van der Waals surface area contributed by atoms with E-state index in [1.165, 1.54) is 0 Å². The number of benzene rings is 2. The van der Waals surface area contributed by atoms with Crippen molar-refractivity contribution in [3.8, 4) is 5.75 Å². The maximum atomic E-state index is 11.9. The fourth-order valence-electron chi connectivity index (χ4n) is 3.40. The van der Waals surface area contributed by atoms with Gasteiger partial charge >= 0.3 is 0 Å². The van der Waals surface area contributed by atoms with Gasteiger partial charge in [-0.15, -0.1) is 0 Å². The summed E-state index contributed by atoms with van der Waals surface area (Å²) in [6.45, 7) is 4.63. The molecular weight excluding hydrogens is 381 g/mol. The third-order valence-corrected chi connectivity index (χ3v) is 5.63. The minimum absolute atomic E-state index is 0.113. The Labute approximate surface area is 172 Å². The molecule has 27 heavy (non-hydrogen) atoms. The van der Waals surface area contributed by atoms with E-state index in [-0.39, 0.29) is 5.92 Å². The summed E-state index contributed by atoms with van der Waals surface area (Å²) in [5.41, 5.74) is 1.13. The number of hydrogen-bond acceptors (Lipinski definition) is 3. The van der Waals surface area contributed by atoms with Crippen LogP contribution in [0.25, 0.3) is 6.08 Å². The normalized spacial score (nSPS) is 15.5. The van der Waals surface area contributed by atoms with Crippen molar-refractivity contribution >= 4 is 29.3 Å². The number of rotatable bonds is 7. The average Bonchev–Trinajstić information content (AvgIpc) is 2.63. The van der Waals surface area contributed by atoms with Crippen LogP contribution in [0.4, 0.5) is 0 Å². The van der Waals surface area contributed by atoms with Gasteiger partial charge in [-0.1, -0.05) is 60.5 Å². The van der Waals surface area contributed by atoms with Crippen LogP contribution in [0.15, 0.2) is 48.0 Å². The number of ether oxygens (including phenoxy) is 1. The van der Waals surface area contributed by atoms with Crippen molar-refractivity contribution in [1.29, 1.82) is 0 Å². The Morgan fingerprint density at radius 2 is 1.81 bits per heavy atom. The van der Waals surface area contributed by atoms with E-state index in [0.29, 0.717) is 22.2 Å². The molecule has 0 saturated carbocycles. The van der Waals surface area contributed by atoms with Crippen molar-refractivity contribution in [2.24, 2.45) is 5.92 Å². The Hall–Kier alpha value is -1.52. The van der Waals surface area contributed by atoms with Gasteiger partial charge in [-0.25, -0.2) is 0 Å². The molecule has 2 aromatic rings. The maximum absolute atomic E-state index is 11.9. The lowest BCUT2D eigenvalue weighted by Crippen LogP contribution is -2.40. The van der Waals surface area contributed by atoms with Crippen molar-refractivity contribution in [3.63, 3.8) is 0 Å². The molecular formula is C22H27Cl2NO2. The first-order valence-corrected chi connectivity index (χ1v) is 9.60. The first-order valence-electron chi connectivity index (χ1n) is 8.84. The summed E-state index contributed by atoms with van der Waals surface area (Å²) in [6, 6.07) is 13.1. The number of nitrogens with zero attached hydrogens (tertiary/aromatic N) is 1. The molecule has 0 aromatic heterocycles. The molecule has 0 amide bonds. The zero-order valence-electron chi connectivity index (χ0n) is 16.5. The van der Waals surface area contributed by atoms with E-state index >= 15 is 0 Å². The van der Waals surface area contributed by atoms with Gasteiger partial charge in [-0.3, -0.25) is 0 Å². The van der Waals surface area contributed by atoms with Gasteiger partial charge in [0.15, 0.2) is 0 Å². The fraction of sp³-hybridized carbons (Fsp3) is 0.364. The number of methoxy groups -OCH3 is 1. The Bertz CT molecular complexity index is 802. The summed E-state index contributed by atoms with van der Waals surface area (Å²) >= 11 is 12.7. The highest BCUT2D eigenvalue weighted by atomic mass is 35.5. The number of halogens is 2. The molecule has 0 heterocycles. The lowest BCUT2D eigenvalue weighted by molar-refractivity contribution is 0.0106. The van der Waals surface area contributed by atoms with Crippen LogP contribution >= 0.6 is 23.2 Å². The fourth-order valence-corrected chi connectivity index (χ4v) is 3.85. The van der Waals surface area contributed by atoms with Gasteiger partial charge in [0.25, 0.3) is 0 Å². The maximum Gasteiger partial charge on any atom is 0.118 e. The second-order valence-corrected chi connectivity index (χ2v) is 7.92. The molecule has 0 aliphatic rings. The zero-order valence-corrected chi connectivity index (χ0v) is 18.0. The smallest absolute Gasteiger partial charge is 0.118 e. The molecule has 2 aromatic carbocycles. The van der Waals surface area contributed by atoms with E-state index in [0.717, 1.165) is 16.9 Å². The van der Waals surface area contributed by atoms with Gasteiger partial charge in [0, 0.05) is 18.0 Å². The summed E-state index contributed by atoms with van der Waals surface area (Å²) < 4.78 is 5.21. The summed E-state index contributed by atoms with van der Waals surface area (Å²) in [5.74, 6) is 0.678. The average molecular weight is 408 g/mol. The van der Waals surface area contributed by atoms with Crippen molar-refractivity contribution in [2.45, 2.75) is 19.4 Å². The zero-order chi connectivity index (χ0) is 20.2. The third kappa shape index (κ3) is 4.85. The Morgan fingerprint density at radius 1 is 1.19 bits per heavy atom. The van der Waals surface area contributed by atoms with Crippen LogP contribution in [0.3, 0.4) is 0 Å². The molecule has 0 radical (unpaired) electrons. The van der Waals surface area contributed by atoms with Crippen LogP contribution in [0.5, 0.6) is 5.75 Å². The second kappa shape index (κ2) is 9.11. The van der Waals surface area contributed by atoms with E-state index in [9.17, 15) is 5.11 Å². The highest BCUT2D eigenvalue weighted by Crippen LogP contribution is 2.43. The van der Waals surface area contributed by atoms with Crippen LogP contribution in [-0.4, -0.2) is 37.8 Å². The third-order valence-electron chi connectivity index (χ3n) is 4.81. The molecule has 0 fully saturated rings. The molecule has 5 heteroatoms. The summed E-state index contributed by atoms with van der Waals surface area (Å²) in [7, 11) is 5.61. The molecule has 0 aliphatic carbocycles. The van der Waals surface area contributed by atoms with Gasteiger partial charge in [0.2, 0.25) is 0 Å². The van der Waals surface area contributed by atoms with Crippen molar-refractivity contribution in [2.75, 3.05) is 27.7 Å². The van der Waals surface area contributed by atoms with Crippen LogP contribution in [0.2, 0.25) is 10.0 Å². The first-order chi connectivity index (χ1) is 12.7. The lowest BCUT2D eigenvalue weighted by Gasteiger charge is -2.38. The second-order valence-electron chi connectivity index (χ2n) is 7.13. The Balaban J connectivity index is 2.56. The molecule has 2 rings (SSSR count). The van der Waals surface area contributed by atoms with Crippen LogP contribution in [-0.2, 0) is 5.60 Å². The van der Waals surface area contributed by atoms with Gasteiger partial charge in [-0.2, -0.15) is 0 Å². The standard InChI is InChI=1S/C22H27Cl2NO2/c1-15(13-17-9-11-18(27-5)12-10-17)22(26,16(2)14-25(3)4)19-7-6-8-20(23)21(19)24/h6-13,16,26H,14H2,1-5H3/b15-13-. The molecule has 146 valence electrons. The SMILES string of the molecule is COc1ccc(/C=C(/C)C(O)(c2cccc(Cl)c2Cl)C(C)CN(C)C)cc1. The lowest BCUT2D eigenvalue weighted by atomic mass is 9.76. The van der Waals surface area contributed by atoms with E-state index < -0.39 is 5.60 Å². The monoisotopic (exact) mass is 407 g/mol. The predicted molar refractivity (Wildman–Crippen MR) is 115 cm³/mol. The molecule has 0 spiro atoms. The van der Waals surface area contributed by atoms with E-state index in [1.807, 2.05) is 70.4 Å². The molecule has 2 unspecified atom stereocenters. The summed E-state index contributed by atoms with van der Waals surface area (Å²) in [6.07, 6.45) is 1.98. The Morgan fingerprint density at radius 3 is 2.37 bits per heavy atom. The molecule has 1 N–H and O–H groups in total. The van der Waals surface area contributed by atoms with E-state index in [1.54, 1.807) is 13.2 Å². The minimum atomic E-state index is -1.26. The topological polar surface area (TPSA) is 32.7 Å². The Kier molecular flexibility index (Phi) is 7.35. The largest absolute Gasteiger partial charge is 0.497 e. The van der Waals surface area contributed by atoms with Crippen LogP contribution in [0, 0.1) is 5.92 Å². The molecule has 0 saturated heterocycles. The highest BCUT2D eigenvalue weighted by Gasteiger charge is 2.39. The van der Waals surface area contributed by atoms with Crippen molar-refractivity contribution < 1.29 is 9.84 Å². The molecule has 3 nitrogen and oxygen atoms in total. The summed E-state index contributed by atoms with van der Waals surface area (Å²) in [4.78, 5) is 2.05. The minimum Gasteiger partial charge on any atom is -0.497 e. The molecule has 0 bridgehead atoms. The van der Waals surface area contributed by atoms with Crippen LogP contribution < -0.4 is 4.74 Å². The van der Waals surface area contributed by atoms with Gasteiger partial charge < -0.3 is 14.7 Å². The van der Waals surface area contributed by atoms with Gasteiger partial charge in [0.1, 0.15) is 11.4 Å². The van der Waals surface area contributed by atoms with E-state index in [4.69, 9.17) is 27.9 Å². The molecule has 0 aliphatic heterocycles. The van der Waals surface area contributed by atoms with Crippen molar-refractivity contribution in [1.82, 2.24) is 4.90 Å².